The summed E-state index contributed by atoms with van der Waals surface area (Å²) < 4.78 is 37.3. The first-order chi connectivity index (χ1) is 12.1. The fraction of sp³-hybridized carbons (Fsp3) is 0.316. The number of carbonyl (C=O) groups is 1. The monoisotopic (exact) mass is 378 g/mol. The summed E-state index contributed by atoms with van der Waals surface area (Å²) in [4.78, 5) is 14.6. The molecule has 0 aromatic heterocycles. The zero-order chi connectivity index (χ0) is 19.5. The van der Waals surface area contributed by atoms with Crippen LogP contribution in [-0.4, -0.2) is 25.3 Å². The van der Waals surface area contributed by atoms with Crippen LogP contribution in [0.25, 0.3) is 0 Å². The molecule has 1 amide bonds. The average Bonchev–Trinajstić information content (AvgIpc) is 2.59. The van der Waals surface area contributed by atoms with Crippen molar-refractivity contribution in [1.29, 1.82) is 0 Å². The molecule has 2 aromatic carbocycles. The number of nitrogens with zero attached hydrogens (tertiary/aromatic N) is 1. The van der Waals surface area contributed by atoms with Gasteiger partial charge < -0.3 is 4.90 Å². The third kappa shape index (κ3) is 4.47. The molecule has 0 bridgehead atoms. The number of primary sulfonamides is 1. The smallest absolute Gasteiger partial charge is 0.254 e. The van der Waals surface area contributed by atoms with E-state index in [1.54, 1.807) is 36.1 Å². The third-order valence-electron chi connectivity index (χ3n) is 4.45. The molecule has 7 heteroatoms. The third-order valence-corrected chi connectivity index (χ3v) is 5.36. The molecule has 0 spiro atoms. The Bertz CT molecular complexity index is 913. The Hall–Kier alpha value is -2.25. The van der Waals surface area contributed by atoms with Gasteiger partial charge in [-0.2, -0.15) is 0 Å². The first-order valence-corrected chi connectivity index (χ1v) is 9.87. The van der Waals surface area contributed by atoms with Crippen LogP contribution in [0.4, 0.5) is 4.39 Å². The van der Waals surface area contributed by atoms with Gasteiger partial charge in [0.2, 0.25) is 10.0 Å². The van der Waals surface area contributed by atoms with Crippen LogP contribution in [0.15, 0.2) is 47.4 Å². The van der Waals surface area contributed by atoms with Gasteiger partial charge in [-0.3, -0.25) is 4.79 Å². The van der Waals surface area contributed by atoms with E-state index in [2.05, 4.69) is 0 Å². The lowest BCUT2D eigenvalue weighted by Crippen LogP contribution is -2.38. The summed E-state index contributed by atoms with van der Waals surface area (Å²) in [5, 5.41) is 5.18. The normalized spacial score (nSPS) is 12.7. The van der Waals surface area contributed by atoms with Gasteiger partial charge in [-0.25, -0.2) is 17.9 Å². The maximum absolute atomic E-state index is 14.0. The quantitative estimate of drug-likeness (QED) is 0.838. The first kappa shape index (κ1) is 20.1. The maximum atomic E-state index is 14.0. The van der Waals surface area contributed by atoms with E-state index in [-0.39, 0.29) is 34.8 Å². The van der Waals surface area contributed by atoms with Gasteiger partial charge in [-0.05, 0) is 44.0 Å². The van der Waals surface area contributed by atoms with Crippen molar-refractivity contribution in [2.45, 2.75) is 44.7 Å². The summed E-state index contributed by atoms with van der Waals surface area (Å²) in [7, 11) is -3.92. The number of aryl methyl sites for hydroxylation is 1. The van der Waals surface area contributed by atoms with Gasteiger partial charge in [0, 0.05) is 23.7 Å². The molecule has 26 heavy (non-hydrogen) atoms. The Morgan fingerprint density at radius 1 is 1.23 bits per heavy atom. The number of nitrogens with two attached hydrogens (primary N) is 1. The highest BCUT2D eigenvalue weighted by Gasteiger charge is 2.24. The van der Waals surface area contributed by atoms with Crippen molar-refractivity contribution in [3.05, 3.63) is 65.0 Å². The van der Waals surface area contributed by atoms with Crippen LogP contribution in [0.2, 0.25) is 0 Å². The number of sulfonamides is 1. The first-order valence-electron chi connectivity index (χ1n) is 8.33. The molecule has 140 valence electrons. The van der Waals surface area contributed by atoms with Crippen LogP contribution in [0, 0.1) is 12.7 Å². The number of hydrogen-bond donors (Lipinski definition) is 1. The Balaban J connectivity index is 2.46. The zero-order valence-electron chi connectivity index (χ0n) is 15.1. The molecule has 0 aliphatic rings. The van der Waals surface area contributed by atoms with Gasteiger partial charge in [0.05, 0.1) is 4.90 Å². The Morgan fingerprint density at radius 3 is 2.46 bits per heavy atom. The number of hydrogen-bond acceptors (Lipinski definition) is 3. The molecule has 2 aromatic rings. The molecule has 2 rings (SSSR count). The number of carbonyl (C=O) groups excluding carboxylic acids is 1. The molecule has 0 unspecified atom stereocenters. The molecule has 0 radical (unpaired) electrons. The number of halogens is 1. The second-order valence-electron chi connectivity index (χ2n) is 6.30. The molecule has 0 heterocycles. The van der Waals surface area contributed by atoms with Crippen LogP contribution < -0.4 is 5.14 Å². The van der Waals surface area contributed by atoms with E-state index >= 15 is 0 Å². The number of benzene rings is 2. The van der Waals surface area contributed by atoms with Crippen molar-refractivity contribution in [3.63, 3.8) is 0 Å². The molecule has 0 saturated carbocycles. The van der Waals surface area contributed by atoms with Crippen LogP contribution >= 0.6 is 0 Å². The lowest BCUT2D eigenvalue weighted by Gasteiger charge is -2.29. The van der Waals surface area contributed by atoms with Crippen LogP contribution in [0.5, 0.6) is 0 Å². The maximum Gasteiger partial charge on any atom is 0.254 e. The summed E-state index contributed by atoms with van der Waals surface area (Å²) in [6.07, 6.45) is 0.675. The predicted octanol–water partition coefficient (Wildman–Crippen LogP) is 3.22. The fourth-order valence-electron chi connectivity index (χ4n) is 2.62. The van der Waals surface area contributed by atoms with Gasteiger partial charge >= 0.3 is 0 Å². The van der Waals surface area contributed by atoms with Gasteiger partial charge in [0.1, 0.15) is 5.82 Å². The summed E-state index contributed by atoms with van der Waals surface area (Å²) in [6, 6.07) is 10.3. The largest absolute Gasteiger partial charge is 0.332 e. The van der Waals surface area contributed by atoms with Crippen molar-refractivity contribution < 1.29 is 17.6 Å². The SMILES string of the molecule is CC[C@@H](C)N(Cc1ccccc1F)C(=O)c1cc(S(N)(=O)=O)ccc1C. The minimum Gasteiger partial charge on any atom is -0.332 e. The van der Waals surface area contributed by atoms with Gasteiger partial charge in [0.25, 0.3) is 5.91 Å². The van der Waals surface area contributed by atoms with Crippen LogP contribution in [0.3, 0.4) is 0 Å². The van der Waals surface area contributed by atoms with Crippen LogP contribution in [-0.2, 0) is 16.6 Å². The minimum absolute atomic E-state index is 0.0968. The van der Waals surface area contributed by atoms with E-state index in [0.29, 0.717) is 17.5 Å². The topological polar surface area (TPSA) is 80.5 Å². The summed E-state index contributed by atoms with van der Waals surface area (Å²) >= 11 is 0. The van der Waals surface area contributed by atoms with Crippen molar-refractivity contribution in [1.82, 2.24) is 4.90 Å². The predicted molar refractivity (Wildman–Crippen MR) is 98.6 cm³/mol. The van der Waals surface area contributed by atoms with Crippen molar-refractivity contribution in [2.75, 3.05) is 0 Å². The standard InChI is InChI=1S/C19H23FN2O3S/c1-4-14(3)22(12-15-7-5-6-8-18(15)20)19(23)17-11-16(26(21,24)25)10-9-13(17)2/h5-11,14H,4,12H2,1-3H3,(H2,21,24,25)/t14-/m1/s1. The van der Waals surface area contributed by atoms with Crippen molar-refractivity contribution in [3.8, 4) is 0 Å². The minimum atomic E-state index is -3.92. The van der Waals surface area contributed by atoms with E-state index in [1.807, 2.05) is 13.8 Å². The van der Waals surface area contributed by atoms with Gasteiger partial charge in [-0.15, -0.1) is 0 Å². The summed E-state index contributed by atoms with van der Waals surface area (Å²) in [5.41, 5.74) is 1.28. The van der Waals surface area contributed by atoms with Crippen molar-refractivity contribution >= 4 is 15.9 Å². The zero-order valence-corrected chi connectivity index (χ0v) is 15.9. The molecular weight excluding hydrogens is 355 g/mol. The van der Waals surface area contributed by atoms with E-state index in [9.17, 15) is 17.6 Å². The average molecular weight is 378 g/mol. The van der Waals surface area contributed by atoms with E-state index in [4.69, 9.17) is 5.14 Å². The van der Waals surface area contributed by atoms with Crippen molar-refractivity contribution in [2.24, 2.45) is 5.14 Å². The lowest BCUT2D eigenvalue weighted by atomic mass is 10.0. The lowest BCUT2D eigenvalue weighted by molar-refractivity contribution is 0.0668. The Labute approximate surface area is 153 Å². The number of amides is 1. The summed E-state index contributed by atoms with van der Waals surface area (Å²) in [5.74, 6) is -0.741. The second-order valence-corrected chi connectivity index (χ2v) is 7.86. The molecule has 5 nitrogen and oxygen atoms in total. The highest BCUT2D eigenvalue weighted by atomic mass is 32.2. The van der Waals surface area contributed by atoms with E-state index in [1.165, 1.54) is 18.2 Å². The second kappa shape index (κ2) is 7.97. The van der Waals surface area contributed by atoms with Crippen LogP contribution in [0.1, 0.15) is 41.8 Å². The Kier molecular flexibility index (Phi) is 6.15. The molecular formula is C19H23FN2O3S. The molecule has 1 atom stereocenters. The highest BCUT2D eigenvalue weighted by molar-refractivity contribution is 7.89. The molecule has 0 aliphatic heterocycles. The molecule has 0 aliphatic carbocycles. The molecule has 0 saturated heterocycles. The molecule has 0 fully saturated rings. The summed E-state index contributed by atoms with van der Waals surface area (Å²) in [6.45, 7) is 5.62. The molecule has 2 N–H and O–H groups in total. The Morgan fingerprint density at radius 2 is 1.88 bits per heavy atom. The fourth-order valence-corrected chi connectivity index (χ4v) is 3.16. The van der Waals surface area contributed by atoms with Gasteiger partial charge in [-0.1, -0.05) is 31.2 Å². The van der Waals surface area contributed by atoms with Gasteiger partial charge in [0.15, 0.2) is 0 Å². The van der Waals surface area contributed by atoms with E-state index < -0.39 is 10.0 Å². The van der Waals surface area contributed by atoms with E-state index in [0.717, 1.165) is 0 Å². The highest BCUT2D eigenvalue weighted by Crippen LogP contribution is 2.21. The number of rotatable bonds is 6.